The van der Waals surface area contributed by atoms with E-state index < -0.39 is 23.8 Å². The number of halogens is 3. The minimum absolute atomic E-state index is 0.0948. The van der Waals surface area contributed by atoms with Gasteiger partial charge in [0.15, 0.2) is 5.69 Å². The number of hydrogen-bond acceptors (Lipinski definition) is 7. The summed E-state index contributed by atoms with van der Waals surface area (Å²) in [4.78, 5) is 15.5. The molecule has 0 fully saturated rings. The highest BCUT2D eigenvalue weighted by molar-refractivity contribution is 7.14. The van der Waals surface area contributed by atoms with Gasteiger partial charge in [-0.3, -0.25) is 0 Å². The van der Waals surface area contributed by atoms with Crippen LogP contribution in [-0.4, -0.2) is 40.8 Å². The van der Waals surface area contributed by atoms with Crippen molar-refractivity contribution in [1.82, 2.24) is 4.98 Å². The number of aromatic nitrogens is 1. The Morgan fingerprint density at radius 2 is 2.15 bits per heavy atom. The molecule has 2 heterocycles. The molecule has 0 unspecified atom stereocenters. The van der Waals surface area contributed by atoms with Crippen molar-refractivity contribution in [3.63, 3.8) is 0 Å². The van der Waals surface area contributed by atoms with Gasteiger partial charge in [-0.15, -0.1) is 11.3 Å². The quantitative estimate of drug-likeness (QED) is 0.789. The summed E-state index contributed by atoms with van der Waals surface area (Å²) in [5, 5.41) is 16.5. The summed E-state index contributed by atoms with van der Waals surface area (Å²) in [6, 6.07) is 7.06. The molecule has 6 nitrogen and oxygen atoms in total. The first-order valence-electron chi connectivity index (χ1n) is 8.07. The third-order valence-corrected chi connectivity index (χ3v) is 5.64. The molecule has 4 rings (SSSR count). The third kappa shape index (κ3) is 2.54. The van der Waals surface area contributed by atoms with Gasteiger partial charge in [-0.1, -0.05) is 24.3 Å². The van der Waals surface area contributed by atoms with E-state index in [9.17, 15) is 23.1 Å². The number of rotatable bonds is 2. The average molecular weight is 397 g/mol. The molecule has 27 heavy (non-hydrogen) atoms. The van der Waals surface area contributed by atoms with Crippen LogP contribution >= 0.6 is 11.3 Å². The molecule has 1 N–H and O–H groups in total. The normalized spacial score (nSPS) is 24.3. The fraction of sp³-hybridized carbons (Fsp3) is 0.353. The zero-order chi connectivity index (χ0) is 19.4. The van der Waals surface area contributed by atoms with Gasteiger partial charge in [-0.25, -0.2) is 9.78 Å². The maximum absolute atomic E-state index is 14.0. The van der Waals surface area contributed by atoms with E-state index in [0.717, 1.165) is 24.0 Å². The van der Waals surface area contributed by atoms with Crippen LogP contribution in [0.4, 0.5) is 18.3 Å². The highest BCUT2D eigenvalue weighted by atomic mass is 32.1. The van der Waals surface area contributed by atoms with Crippen molar-refractivity contribution in [1.29, 1.82) is 0 Å². The Kier molecular flexibility index (Phi) is 4.00. The topological polar surface area (TPSA) is 75.0 Å². The average Bonchev–Trinajstić information content (AvgIpc) is 3.24. The van der Waals surface area contributed by atoms with Gasteiger partial charge >= 0.3 is 12.1 Å². The number of methoxy groups -OCH3 is 1. The van der Waals surface area contributed by atoms with Crippen molar-refractivity contribution in [2.45, 2.75) is 24.7 Å². The summed E-state index contributed by atoms with van der Waals surface area (Å²) in [5.74, 6) is -2.03. The summed E-state index contributed by atoms with van der Waals surface area (Å²) < 4.78 is 46.5. The van der Waals surface area contributed by atoms with Gasteiger partial charge in [0.1, 0.15) is 0 Å². The van der Waals surface area contributed by atoms with Crippen LogP contribution in [0.2, 0.25) is 0 Å². The van der Waals surface area contributed by atoms with Crippen LogP contribution in [0.3, 0.4) is 0 Å². The molecule has 2 atom stereocenters. The highest BCUT2D eigenvalue weighted by Crippen LogP contribution is 2.50. The van der Waals surface area contributed by atoms with E-state index in [0.29, 0.717) is 17.0 Å². The molecule has 10 heteroatoms. The van der Waals surface area contributed by atoms with Gasteiger partial charge in [0.25, 0.3) is 5.72 Å². The van der Waals surface area contributed by atoms with Crippen LogP contribution < -0.4 is 5.01 Å². The Labute approximate surface area is 155 Å². The van der Waals surface area contributed by atoms with Crippen molar-refractivity contribution >= 4 is 28.1 Å². The highest BCUT2D eigenvalue weighted by Gasteiger charge is 2.68. The maximum atomic E-state index is 14.0. The number of nitrogens with zero attached hydrogens (tertiary/aromatic N) is 3. The second-order valence-corrected chi connectivity index (χ2v) is 7.11. The van der Waals surface area contributed by atoms with Crippen LogP contribution in [-0.2, 0) is 11.2 Å². The second kappa shape index (κ2) is 6.03. The molecule has 1 aliphatic carbocycles. The molecular formula is C17H14F3N3O3S. The Morgan fingerprint density at radius 1 is 1.41 bits per heavy atom. The minimum atomic E-state index is -4.98. The zero-order valence-electron chi connectivity index (χ0n) is 14.0. The van der Waals surface area contributed by atoms with Crippen molar-refractivity contribution in [2.75, 3.05) is 12.1 Å². The monoisotopic (exact) mass is 397 g/mol. The fourth-order valence-electron chi connectivity index (χ4n) is 3.53. The van der Waals surface area contributed by atoms with E-state index in [-0.39, 0.29) is 23.0 Å². The summed E-state index contributed by atoms with van der Waals surface area (Å²) in [6.07, 6.45) is -4.48. The van der Waals surface area contributed by atoms with Crippen LogP contribution in [0.1, 0.15) is 28.0 Å². The number of carbonyl (C=O) groups is 1. The first kappa shape index (κ1) is 17.9. The Bertz CT molecular complexity index is 943. The van der Waals surface area contributed by atoms with Gasteiger partial charge in [0, 0.05) is 10.9 Å². The van der Waals surface area contributed by atoms with Crippen LogP contribution in [0.25, 0.3) is 0 Å². The van der Waals surface area contributed by atoms with Crippen molar-refractivity contribution in [3.05, 3.63) is 46.5 Å². The van der Waals surface area contributed by atoms with Crippen LogP contribution in [0.5, 0.6) is 0 Å². The fourth-order valence-corrected chi connectivity index (χ4v) is 4.32. The second-order valence-electron chi connectivity index (χ2n) is 6.28. The molecule has 0 spiro atoms. The Morgan fingerprint density at radius 3 is 2.85 bits per heavy atom. The van der Waals surface area contributed by atoms with E-state index in [2.05, 4.69) is 14.8 Å². The van der Waals surface area contributed by atoms with E-state index in [1.807, 2.05) is 12.1 Å². The van der Waals surface area contributed by atoms with Crippen molar-refractivity contribution in [2.24, 2.45) is 11.0 Å². The number of carbonyl (C=O) groups excluding carboxylic acids is 1. The number of hydrogen-bond donors (Lipinski definition) is 1. The lowest BCUT2D eigenvalue weighted by Crippen LogP contribution is -2.60. The van der Waals surface area contributed by atoms with Crippen LogP contribution in [0.15, 0.2) is 34.7 Å². The van der Waals surface area contributed by atoms with Gasteiger partial charge in [-0.2, -0.15) is 23.3 Å². The Balaban J connectivity index is 1.85. The first-order valence-corrected chi connectivity index (χ1v) is 8.95. The standard InChI is InChI=1S/C17H14F3N3O3S/c1-26-14(24)12-8-27-15(21-12)23-16(25,17(18,19)20)11-7-6-9-4-2-3-5-10(9)13(11)22-23/h2-5,8,11,25H,6-7H2,1H3/t11-,16-/m1/s1. The molecule has 0 bridgehead atoms. The van der Waals surface area contributed by atoms with E-state index >= 15 is 0 Å². The molecule has 2 aliphatic rings. The molecule has 1 aromatic heterocycles. The summed E-state index contributed by atoms with van der Waals surface area (Å²) >= 11 is 0.783. The molecule has 0 amide bonds. The SMILES string of the molecule is COC(=O)c1csc(N2N=C3c4ccccc4CC[C@H]3[C@@]2(O)C(F)(F)F)n1. The van der Waals surface area contributed by atoms with Crippen molar-refractivity contribution in [3.8, 4) is 0 Å². The predicted molar refractivity (Wildman–Crippen MR) is 91.7 cm³/mol. The van der Waals surface area contributed by atoms with E-state index in [1.54, 1.807) is 12.1 Å². The predicted octanol–water partition coefficient (Wildman–Crippen LogP) is 2.97. The van der Waals surface area contributed by atoms with Gasteiger partial charge in [-0.05, 0) is 18.4 Å². The number of alkyl halides is 3. The molecule has 1 aromatic carbocycles. The smallest absolute Gasteiger partial charge is 0.439 e. The number of ether oxygens (including phenoxy) is 1. The first-order chi connectivity index (χ1) is 12.8. The third-order valence-electron chi connectivity index (χ3n) is 4.83. The number of thiazole rings is 1. The number of fused-ring (bicyclic) bond motifs is 3. The van der Waals surface area contributed by atoms with Crippen molar-refractivity contribution < 1.29 is 27.8 Å². The lowest BCUT2D eigenvalue weighted by atomic mass is 9.77. The molecule has 2 aromatic rings. The van der Waals surface area contributed by atoms with E-state index in [1.165, 1.54) is 5.38 Å². The zero-order valence-corrected chi connectivity index (χ0v) is 14.8. The van der Waals surface area contributed by atoms with E-state index in [4.69, 9.17) is 0 Å². The number of benzene rings is 1. The summed E-state index contributed by atoms with van der Waals surface area (Å²) in [7, 11) is 1.15. The summed E-state index contributed by atoms with van der Waals surface area (Å²) in [5.41, 5.74) is -1.73. The number of aliphatic hydroxyl groups is 1. The van der Waals surface area contributed by atoms with Gasteiger partial charge < -0.3 is 9.84 Å². The van der Waals surface area contributed by atoms with Gasteiger partial charge in [0.2, 0.25) is 5.13 Å². The number of anilines is 1. The van der Waals surface area contributed by atoms with Crippen LogP contribution in [0, 0.1) is 5.92 Å². The number of esters is 1. The Hall–Kier alpha value is -2.46. The molecule has 142 valence electrons. The van der Waals surface area contributed by atoms with Gasteiger partial charge in [0.05, 0.1) is 18.7 Å². The lowest BCUT2D eigenvalue weighted by molar-refractivity contribution is -0.268. The lowest BCUT2D eigenvalue weighted by Gasteiger charge is -2.38. The molecule has 0 radical (unpaired) electrons. The molecule has 0 saturated carbocycles. The molecule has 0 saturated heterocycles. The number of aryl methyl sites for hydroxylation is 1. The number of hydrazone groups is 1. The minimum Gasteiger partial charge on any atom is -0.464 e. The molecular weight excluding hydrogens is 383 g/mol. The summed E-state index contributed by atoms with van der Waals surface area (Å²) in [6.45, 7) is 0. The maximum Gasteiger partial charge on any atom is 0.439 e. The largest absolute Gasteiger partial charge is 0.464 e. The molecule has 1 aliphatic heterocycles.